The fraction of sp³-hybridized carbons (Fsp3) is 0.562. The van der Waals surface area contributed by atoms with Crippen molar-refractivity contribution in [2.75, 3.05) is 33.7 Å². The number of nitrogens with zero attached hydrogens (tertiary/aromatic N) is 3. The molecule has 0 saturated carbocycles. The molecule has 0 radical (unpaired) electrons. The molecule has 7 heteroatoms. The second-order valence-corrected chi connectivity index (χ2v) is 7.16. The summed E-state index contributed by atoms with van der Waals surface area (Å²) in [5, 5.41) is 4.32. The van der Waals surface area contributed by atoms with Gasteiger partial charge in [-0.3, -0.25) is 9.13 Å². The first-order chi connectivity index (χ1) is 11.0. The van der Waals surface area contributed by atoms with Crippen LogP contribution in [0.15, 0.2) is 16.9 Å². The molecular formula is C16H22Cl2N4O. The first-order valence-corrected chi connectivity index (χ1v) is 8.70. The number of aromatic nitrogens is 2. The molecule has 5 nitrogen and oxygen atoms in total. The van der Waals surface area contributed by atoms with Crippen LogP contribution in [0.4, 0.5) is 0 Å². The molecule has 2 heterocycles. The predicted octanol–water partition coefficient (Wildman–Crippen LogP) is 2.60. The van der Waals surface area contributed by atoms with Crippen molar-refractivity contribution in [2.45, 2.75) is 25.4 Å². The van der Waals surface area contributed by atoms with Crippen LogP contribution >= 0.6 is 23.2 Å². The summed E-state index contributed by atoms with van der Waals surface area (Å²) < 4.78 is 3.73. The number of benzene rings is 1. The van der Waals surface area contributed by atoms with Crippen LogP contribution in [0.2, 0.25) is 10.0 Å². The van der Waals surface area contributed by atoms with E-state index in [1.807, 2.05) is 35.4 Å². The summed E-state index contributed by atoms with van der Waals surface area (Å²) in [4.78, 5) is 15.1. The summed E-state index contributed by atoms with van der Waals surface area (Å²) in [5.41, 5.74) is 1.78. The zero-order valence-electron chi connectivity index (χ0n) is 13.5. The number of piperidine rings is 1. The lowest BCUT2D eigenvalue weighted by Crippen LogP contribution is -2.35. The Hall–Kier alpha value is -1.01. The number of fused-ring (bicyclic) bond motifs is 1. The van der Waals surface area contributed by atoms with Gasteiger partial charge >= 0.3 is 5.69 Å². The van der Waals surface area contributed by atoms with E-state index in [9.17, 15) is 4.79 Å². The molecule has 2 aromatic rings. The van der Waals surface area contributed by atoms with E-state index in [1.54, 1.807) is 0 Å². The van der Waals surface area contributed by atoms with E-state index in [-0.39, 0.29) is 11.7 Å². The largest absolute Gasteiger partial charge is 0.329 e. The maximum absolute atomic E-state index is 13.0. The number of rotatable bonds is 4. The zero-order valence-corrected chi connectivity index (χ0v) is 15.0. The Morgan fingerprint density at radius 3 is 2.39 bits per heavy atom. The quantitative estimate of drug-likeness (QED) is 0.915. The summed E-state index contributed by atoms with van der Waals surface area (Å²) in [6.07, 6.45) is 1.90. The first-order valence-electron chi connectivity index (χ1n) is 7.94. The molecule has 0 spiro atoms. The molecule has 1 saturated heterocycles. The summed E-state index contributed by atoms with van der Waals surface area (Å²) in [6.45, 7) is 3.30. The Morgan fingerprint density at radius 2 is 1.78 bits per heavy atom. The second kappa shape index (κ2) is 6.85. The predicted molar refractivity (Wildman–Crippen MR) is 95.9 cm³/mol. The van der Waals surface area contributed by atoms with E-state index in [0.29, 0.717) is 16.6 Å². The maximum atomic E-state index is 13.0. The van der Waals surface area contributed by atoms with E-state index in [2.05, 4.69) is 10.2 Å². The Balaban J connectivity index is 2.15. The third-order valence-electron chi connectivity index (χ3n) is 4.45. The molecule has 0 amide bonds. The van der Waals surface area contributed by atoms with E-state index in [4.69, 9.17) is 23.2 Å². The minimum Gasteiger partial charge on any atom is -0.317 e. The van der Waals surface area contributed by atoms with Crippen molar-refractivity contribution in [1.82, 2.24) is 19.4 Å². The molecular weight excluding hydrogens is 335 g/mol. The lowest BCUT2D eigenvalue weighted by atomic mass is 10.1. The van der Waals surface area contributed by atoms with Crippen LogP contribution in [-0.4, -0.2) is 47.8 Å². The lowest BCUT2D eigenvalue weighted by Gasteiger charge is -2.24. The summed E-state index contributed by atoms with van der Waals surface area (Å²) in [7, 11) is 4.00. The molecule has 0 atom stereocenters. The molecule has 1 aliphatic rings. The summed E-state index contributed by atoms with van der Waals surface area (Å²) in [6, 6.07) is 3.85. The minimum absolute atomic E-state index is 0.0343. The molecule has 126 valence electrons. The maximum Gasteiger partial charge on any atom is 0.329 e. The molecule has 0 unspecified atom stereocenters. The SMILES string of the molecule is CN(C)CCn1c(=O)n(C2CCNCC2)c2cc(Cl)c(Cl)cc21. The summed E-state index contributed by atoms with van der Waals surface area (Å²) >= 11 is 12.4. The zero-order chi connectivity index (χ0) is 16.6. The van der Waals surface area contributed by atoms with E-state index < -0.39 is 0 Å². The van der Waals surface area contributed by atoms with Crippen LogP contribution < -0.4 is 11.0 Å². The van der Waals surface area contributed by atoms with Crippen LogP contribution in [0.3, 0.4) is 0 Å². The van der Waals surface area contributed by atoms with Gasteiger partial charge < -0.3 is 10.2 Å². The van der Waals surface area contributed by atoms with Crippen molar-refractivity contribution in [3.05, 3.63) is 32.7 Å². The third-order valence-corrected chi connectivity index (χ3v) is 5.17. The van der Waals surface area contributed by atoms with Crippen molar-refractivity contribution in [1.29, 1.82) is 0 Å². The highest BCUT2D eigenvalue weighted by Crippen LogP contribution is 2.30. The molecule has 1 aromatic heterocycles. The highest BCUT2D eigenvalue weighted by atomic mass is 35.5. The van der Waals surface area contributed by atoms with Gasteiger partial charge in [-0.25, -0.2) is 4.79 Å². The number of imidazole rings is 1. The smallest absolute Gasteiger partial charge is 0.317 e. The lowest BCUT2D eigenvalue weighted by molar-refractivity contribution is 0.355. The van der Waals surface area contributed by atoms with Crippen LogP contribution in [0.1, 0.15) is 18.9 Å². The van der Waals surface area contributed by atoms with Crippen LogP contribution in [0, 0.1) is 0 Å². The van der Waals surface area contributed by atoms with Crippen molar-refractivity contribution >= 4 is 34.2 Å². The Kier molecular flexibility index (Phi) is 5.01. The molecule has 3 rings (SSSR count). The minimum atomic E-state index is 0.0343. The van der Waals surface area contributed by atoms with Crippen molar-refractivity contribution in [3.63, 3.8) is 0 Å². The van der Waals surface area contributed by atoms with Crippen LogP contribution in [0.5, 0.6) is 0 Å². The highest BCUT2D eigenvalue weighted by molar-refractivity contribution is 6.42. The van der Waals surface area contributed by atoms with Gasteiger partial charge in [0.15, 0.2) is 0 Å². The third kappa shape index (κ3) is 3.29. The average Bonchev–Trinajstić information content (AvgIpc) is 2.78. The number of hydrogen-bond acceptors (Lipinski definition) is 3. The van der Waals surface area contributed by atoms with E-state index in [1.165, 1.54) is 0 Å². The molecule has 1 aromatic carbocycles. The van der Waals surface area contributed by atoms with E-state index in [0.717, 1.165) is 43.5 Å². The molecule has 1 N–H and O–H groups in total. The van der Waals surface area contributed by atoms with Gasteiger partial charge in [0, 0.05) is 19.1 Å². The van der Waals surface area contributed by atoms with Gasteiger partial charge in [0.2, 0.25) is 0 Å². The highest BCUT2D eigenvalue weighted by Gasteiger charge is 2.23. The van der Waals surface area contributed by atoms with Gasteiger partial charge in [-0.1, -0.05) is 23.2 Å². The molecule has 0 aliphatic carbocycles. The van der Waals surface area contributed by atoms with Gasteiger partial charge in [0.05, 0.1) is 21.1 Å². The summed E-state index contributed by atoms with van der Waals surface area (Å²) in [5.74, 6) is 0. The number of halogens is 2. The van der Waals surface area contributed by atoms with Crippen molar-refractivity contribution < 1.29 is 0 Å². The standard InChI is InChI=1S/C16H22Cl2N4O/c1-20(2)7-8-21-14-9-12(17)13(18)10-15(14)22(16(21)23)11-3-5-19-6-4-11/h9-11,19H,3-8H2,1-2H3. The second-order valence-electron chi connectivity index (χ2n) is 6.34. The number of hydrogen-bond donors (Lipinski definition) is 1. The van der Waals surface area contributed by atoms with E-state index >= 15 is 0 Å². The normalized spacial score (nSPS) is 16.6. The van der Waals surface area contributed by atoms with Crippen LogP contribution in [0.25, 0.3) is 11.0 Å². The molecule has 0 bridgehead atoms. The number of likely N-dealkylation sites (N-methyl/N-ethyl adjacent to an activating group) is 1. The topological polar surface area (TPSA) is 42.2 Å². The number of nitrogens with one attached hydrogen (secondary N) is 1. The van der Waals surface area contributed by atoms with Crippen LogP contribution in [-0.2, 0) is 6.54 Å². The van der Waals surface area contributed by atoms with Crippen molar-refractivity contribution in [3.8, 4) is 0 Å². The fourth-order valence-corrected chi connectivity index (χ4v) is 3.52. The Morgan fingerprint density at radius 1 is 1.17 bits per heavy atom. The molecule has 1 aliphatic heterocycles. The molecule has 23 heavy (non-hydrogen) atoms. The van der Waals surface area contributed by atoms with Gasteiger partial charge in [-0.15, -0.1) is 0 Å². The van der Waals surface area contributed by atoms with Gasteiger partial charge in [-0.2, -0.15) is 0 Å². The monoisotopic (exact) mass is 356 g/mol. The Labute approximate surface area is 145 Å². The van der Waals surface area contributed by atoms with Gasteiger partial charge in [-0.05, 0) is 52.2 Å². The van der Waals surface area contributed by atoms with Crippen molar-refractivity contribution in [2.24, 2.45) is 0 Å². The van der Waals surface area contributed by atoms with Gasteiger partial charge in [0.25, 0.3) is 0 Å². The molecule has 1 fully saturated rings. The van der Waals surface area contributed by atoms with Gasteiger partial charge in [0.1, 0.15) is 0 Å². The fourth-order valence-electron chi connectivity index (χ4n) is 3.20. The first kappa shape index (κ1) is 16.8. The average molecular weight is 357 g/mol. The Bertz CT molecular complexity index is 760.